The summed E-state index contributed by atoms with van der Waals surface area (Å²) in [4.78, 5) is 12.9. The van der Waals surface area contributed by atoms with Crippen molar-refractivity contribution in [2.45, 2.75) is 13.5 Å². The number of nitrogens with zero attached hydrogens (tertiary/aromatic N) is 1. The van der Waals surface area contributed by atoms with Crippen molar-refractivity contribution in [1.29, 1.82) is 0 Å². The quantitative estimate of drug-likeness (QED) is 0.933. The predicted octanol–water partition coefficient (Wildman–Crippen LogP) is 3.56. The van der Waals surface area contributed by atoms with Crippen LogP contribution in [0.15, 0.2) is 42.5 Å². The van der Waals surface area contributed by atoms with E-state index in [1.165, 1.54) is 24.0 Å². The summed E-state index contributed by atoms with van der Waals surface area (Å²) in [7, 11) is 1.66. The zero-order valence-electron chi connectivity index (χ0n) is 11.9. The number of carbonyl (C=O) groups excluding carboxylic acids is 1. The lowest BCUT2D eigenvalue weighted by Crippen LogP contribution is -2.23. The average Bonchev–Trinajstić information content (AvgIpc) is 2.48. The molecule has 0 aliphatic carbocycles. The topological polar surface area (TPSA) is 32.3 Å². The van der Waals surface area contributed by atoms with E-state index >= 15 is 0 Å². The number of nitrogens with one attached hydrogen (secondary N) is 1. The van der Waals surface area contributed by atoms with Crippen molar-refractivity contribution in [3.63, 3.8) is 0 Å². The molecule has 2 aromatic carbocycles. The molecule has 0 aliphatic heterocycles. The second-order valence-electron chi connectivity index (χ2n) is 4.66. The summed E-state index contributed by atoms with van der Waals surface area (Å²) in [5.41, 5.74) is 1.59. The maximum atomic E-state index is 13.6. The molecule has 0 unspecified atom stereocenters. The SMILES string of the molecule is CC(=O)N(C)c1ccccc1NCc1cccc(F)c1F. The van der Waals surface area contributed by atoms with E-state index in [0.29, 0.717) is 11.4 Å². The number of anilines is 2. The highest BCUT2D eigenvalue weighted by Gasteiger charge is 2.11. The van der Waals surface area contributed by atoms with Crippen molar-refractivity contribution in [2.75, 3.05) is 17.3 Å². The lowest BCUT2D eigenvalue weighted by molar-refractivity contribution is -0.116. The zero-order chi connectivity index (χ0) is 15.4. The molecule has 0 fully saturated rings. The zero-order valence-corrected chi connectivity index (χ0v) is 11.9. The fourth-order valence-corrected chi connectivity index (χ4v) is 1.96. The average molecular weight is 290 g/mol. The van der Waals surface area contributed by atoms with E-state index in [1.54, 1.807) is 19.2 Å². The second kappa shape index (κ2) is 6.35. The van der Waals surface area contributed by atoms with Gasteiger partial charge in [-0.25, -0.2) is 8.78 Å². The molecule has 2 aromatic rings. The molecule has 0 aliphatic rings. The van der Waals surface area contributed by atoms with Gasteiger partial charge < -0.3 is 10.2 Å². The molecule has 21 heavy (non-hydrogen) atoms. The lowest BCUT2D eigenvalue weighted by Gasteiger charge is -2.20. The van der Waals surface area contributed by atoms with Gasteiger partial charge in [-0.15, -0.1) is 0 Å². The number of carbonyl (C=O) groups is 1. The van der Waals surface area contributed by atoms with Crippen LogP contribution in [0.3, 0.4) is 0 Å². The minimum absolute atomic E-state index is 0.110. The van der Waals surface area contributed by atoms with Gasteiger partial charge in [0.05, 0.1) is 11.4 Å². The molecule has 0 radical (unpaired) electrons. The molecule has 1 amide bonds. The van der Waals surface area contributed by atoms with Crippen molar-refractivity contribution >= 4 is 17.3 Å². The van der Waals surface area contributed by atoms with Crippen molar-refractivity contribution in [3.8, 4) is 0 Å². The van der Waals surface area contributed by atoms with E-state index in [4.69, 9.17) is 0 Å². The number of amides is 1. The molecule has 3 nitrogen and oxygen atoms in total. The summed E-state index contributed by atoms with van der Waals surface area (Å²) in [5.74, 6) is -1.84. The molecule has 0 saturated heterocycles. The fraction of sp³-hybridized carbons (Fsp3) is 0.188. The van der Waals surface area contributed by atoms with Gasteiger partial charge in [0, 0.05) is 26.1 Å². The Morgan fingerprint density at radius 1 is 1.14 bits per heavy atom. The Balaban J connectivity index is 2.21. The minimum Gasteiger partial charge on any atom is -0.379 e. The van der Waals surface area contributed by atoms with Gasteiger partial charge in [-0.2, -0.15) is 0 Å². The van der Waals surface area contributed by atoms with E-state index in [2.05, 4.69) is 5.32 Å². The molecule has 2 rings (SSSR count). The third-order valence-electron chi connectivity index (χ3n) is 3.24. The van der Waals surface area contributed by atoms with E-state index in [1.807, 2.05) is 12.1 Å². The summed E-state index contributed by atoms with van der Waals surface area (Å²) in [6.07, 6.45) is 0. The Morgan fingerprint density at radius 3 is 2.57 bits per heavy atom. The van der Waals surface area contributed by atoms with Gasteiger partial charge in [-0.05, 0) is 18.2 Å². The molecule has 5 heteroatoms. The summed E-state index contributed by atoms with van der Waals surface area (Å²) >= 11 is 0. The van der Waals surface area contributed by atoms with Crippen LogP contribution >= 0.6 is 0 Å². The predicted molar refractivity (Wildman–Crippen MR) is 79.2 cm³/mol. The van der Waals surface area contributed by atoms with E-state index in [9.17, 15) is 13.6 Å². The summed E-state index contributed by atoms with van der Waals surface area (Å²) in [6.45, 7) is 1.59. The molecule has 110 valence electrons. The van der Waals surface area contributed by atoms with Crippen molar-refractivity contribution < 1.29 is 13.6 Å². The number of rotatable bonds is 4. The molecule has 0 atom stereocenters. The maximum Gasteiger partial charge on any atom is 0.223 e. The maximum absolute atomic E-state index is 13.6. The van der Waals surface area contributed by atoms with Gasteiger partial charge in [-0.3, -0.25) is 4.79 Å². The van der Waals surface area contributed by atoms with Crippen LogP contribution in [-0.2, 0) is 11.3 Å². The summed E-state index contributed by atoms with van der Waals surface area (Å²) in [6, 6.07) is 11.2. The molecule has 0 bridgehead atoms. The van der Waals surface area contributed by atoms with Gasteiger partial charge in [0.1, 0.15) is 0 Å². The number of benzene rings is 2. The Hall–Kier alpha value is -2.43. The largest absolute Gasteiger partial charge is 0.379 e. The first-order valence-electron chi connectivity index (χ1n) is 6.50. The van der Waals surface area contributed by atoms with Crippen LogP contribution in [0.5, 0.6) is 0 Å². The molecule has 1 N–H and O–H groups in total. The molecule has 0 saturated carbocycles. The summed E-state index contributed by atoms with van der Waals surface area (Å²) in [5, 5.41) is 3.03. The first-order chi connectivity index (χ1) is 10.0. The second-order valence-corrected chi connectivity index (χ2v) is 4.66. The Labute approximate surface area is 122 Å². The van der Waals surface area contributed by atoms with E-state index < -0.39 is 11.6 Å². The molecular weight excluding hydrogens is 274 g/mol. The van der Waals surface area contributed by atoms with Crippen LogP contribution < -0.4 is 10.2 Å². The van der Waals surface area contributed by atoms with Crippen LogP contribution in [0.2, 0.25) is 0 Å². The number of hydrogen-bond donors (Lipinski definition) is 1. The van der Waals surface area contributed by atoms with Gasteiger partial charge in [0.2, 0.25) is 5.91 Å². The van der Waals surface area contributed by atoms with E-state index in [-0.39, 0.29) is 18.0 Å². The van der Waals surface area contributed by atoms with Gasteiger partial charge in [0.25, 0.3) is 0 Å². The number of para-hydroxylation sites is 2. The Morgan fingerprint density at radius 2 is 1.86 bits per heavy atom. The highest BCUT2D eigenvalue weighted by atomic mass is 19.2. The van der Waals surface area contributed by atoms with Crippen LogP contribution in [-0.4, -0.2) is 13.0 Å². The number of hydrogen-bond acceptors (Lipinski definition) is 2. The van der Waals surface area contributed by atoms with Crippen LogP contribution in [0.1, 0.15) is 12.5 Å². The first-order valence-corrected chi connectivity index (χ1v) is 6.50. The van der Waals surface area contributed by atoms with Gasteiger partial charge >= 0.3 is 0 Å². The van der Waals surface area contributed by atoms with Crippen molar-refractivity contribution in [1.82, 2.24) is 0 Å². The molecule has 0 aromatic heterocycles. The van der Waals surface area contributed by atoms with Crippen molar-refractivity contribution in [3.05, 3.63) is 59.7 Å². The third kappa shape index (κ3) is 3.37. The molecule has 0 heterocycles. The van der Waals surface area contributed by atoms with Crippen LogP contribution in [0.25, 0.3) is 0 Å². The Kier molecular flexibility index (Phi) is 4.52. The van der Waals surface area contributed by atoms with E-state index in [0.717, 1.165) is 6.07 Å². The van der Waals surface area contributed by atoms with Crippen LogP contribution in [0.4, 0.5) is 20.2 Å². The monoisotopic (exact) mass is 290 g/mol. The Bertz CT molecular complexity index is 658. The summed E-state index contributed by atoms with van der Waals surface area (Å²) < 4.78 is 26.8. The fourth-order valence-electron chi connectivity index (χ4n) is 1.96. The highest BCUT2D eigenvalue weighted by Crippen LogP contribution is 2.25. The van der Waals surface area contributed by atoms with Gasteiger partial charge in [-0.1, -0.05) is 24.3 Å². The lowest BCUT2D eigenvalue weighted by atomic mass is 10.2. The first kappa shape index (κ1) is 15.0. The van der Waals surface area contributed by atoms with Crippen molar-refractivity contribution in [2.24, 2.45) is 0 Å². The standard InChI is InChI=1S/C16H16F2N2O/c1-11(21)20(2)15-9-4-3-8-14(15)19-10-12-6-5-7-13(17)16(12)18/h3-9,19H,10H2,1-2H3. The van der Waals surface area contributed by atoms with Crippen LogP contribution in [0, 0.1) is 11.6 Å². The minimum atomic E-state index is -0.872. The third-order valence-corrected chi connectivity index (χ3v) is 3.24. The van der Waals surface area contributed by atoms with Gasteiger partial charge in [0.15, 0.2) is 11.6 Å². The number of halogens is 2. The normalized spacial score (nSPS) is 10.3. The molecule has 0 spiro atoms. The molecular formula is C16H16F2N2O. The highest BCUT2D eigenvalue weighted by molar-refractivity contribution is 5.94. The smallest absolute Gasteiger partial charge is 0.223 e.